The summed E-state index contributed by atoms with van der Waals surface area (Å²) in [5.74, 6) is -1.58. The smallest absolute Gasteiger partial charge is 0.279 e. The van der Waals surface area contributed by atoms with Crippen molar-refractivity contribution in [3.63, 3.8) is 0 Å². The monoisotopic (exact) mass is 348 g/mol. The van der Waals surface area contributed by atoms with Crippen LogP contribution in [0.4, 0.5) is 4.39 Å². The van der Waals surface area contributed by atoms with Crippen LogP contribution >= 0.6 is 11.3 Å². The second-order valence-corrected chi connectivity index (χ2v) is 6.80. The second kappa shape index (κ2) is 7.11. The van der Waals surface area contributed by atoms with Crippen molar-refractivity contribution in [2.24, 2.45) is 5.92 Å². The molecule has 1 aliphatic carbocycles. The number of benzene rings is 1. The van der Waals surface area contributed by atoms with Crippen molar-refractivity contribution < 1.29 is 19.1 Å². The molecule has 126 valence electrons. The highest BCUT2D eigenvalue weighted by molar-refractivity contribution is 7.17. The van der Waals surface area contributed by atoms with Gasteiger partial charge in [0.05, 0.1) is 16.9 Å². The molecule has 0 spiro atoms. The Morgan fingerprint density at radius 3 is 2.50 bits per heavy atom. The summed E-state index contributed by atoms with van der Waals surface area (Å²) in [6.07, 6.45) is 1.39. The third kappa shape index (κ3) is 3.63. The molecule has 2 amide bonds. The molecule has 2 atom stereocenters. The Kier molecular flexibility index (Phi) is 4.92. The van der Waals surface area contributed by atoms with Gasteiger partial charge in [0.2, 0.25) is 5.91 Å². The van der Waals surface area contributed by atoms with Gasteiger partial charge in [-0.15, -0.1) is 11.3 Å². The summed E-state index contributed by atoms with van der Waals surface area (Å²) in [5, 5.41) is 9.69. The van der Waals surface area contributed by atoms with Crippen molar-refractivity contribution in [3.05, 3.63) is 47.1 Å². The maximum absolute atomic E-state index is 12.9. The van der Waals surface area contributed by atoms with E-state index in [1.807, 2.05) is 0 Å². The van der Waals surface area contributed by atoms with Gasteiger partial charge in [-0.3, -0.25) is 20.4 Å². The van der Waals surface area contributed by atoms with Crippen molar-refractivity contribution >= 4 is 23.2 Å². The molecule has 1 aromatic carbocycles. The normalized spacial score (nSPS) is 19.9. The highest BCUT2D eigenvalue weighted by Gasteiger charge is 2.31. The number of hydrogen-bond donors (Lipinski definition) is 3. The molecule has 3 rings (SSSR count). The van der Waals surface area contributed by atoms with Crippen LogP contribution in [0.1, 0.15) is 28.9 Å². The van der Waals surface area contributed by atoms with Gasteiger partial charge < -0.3 is 5.11 Å². The lowest BCUT2D eigenvalue weighted by atomic mass is 10.1. The van der Waals surface area contributed by atoms with Gasteiger partial charge in [0.25, 0.3) is 5.91 Å². The minimum Gasteiger partial charge on any atom is -0.392 e. The van der Waals surface area contributed by atoms with Crippen LogP contribution < -0.4 is 10.9 Å². The molecule has 2 unspecified atom stereocenters. The average molecular weight is 348 g/mol. The molecule has 0 radical (unpaired) electrons. The highest BCUT2D eigenvalue weighted by Crippen LogP contribution is 2.28. The molecule has 1 aliphatic rings. The van der Waals surface area contributed by atoms with Gasteiger partial charge in [-0.05, 0) is 49.1 Å². The van der Waals surface area contributed by atoms with Crippen LogP contribution in [0.3, 0.4) is 0 Å². The molecular formula is C17H17FN2O3S. The van der Waals surface area contributed by atoms with E-state index in [1.165, 1.54) is 23.5 Å². The first-order chi connectivity index (χ1) is 11.5. The molecule has 0 aliphatic heterocycles. The van der Waals surface area contributed by atoms with Gasteiger partial charge in [0.1, 0.15) is 5.82 Å². The molecule has 1 heterocycles. The van der Waals surface area contributed by atoms with Crippen molar-refractivity contribution in [3.8, 4) is 10.4 Å². The molecule has 1 aromatic heterocycles. The summed E-state index contributed by atoms with van der Waals surface area (Å²) in [6.45, 7) is 0. The van der Waals surface area contributed by atoms with E-state index < -0.39 is 17.9 Å². The maximum Gasteiger partial charge on any atom is 0.279 e. The summed E-state index contributed by atoms with van der Waals surface area (Å²) in [7, 11) is 0. The van der Waals surface area contributed by atoms with Crippen molar-refractivity contribution in [1.29, 1.82) is 0 Å². The topological polar surface area (TPSA) is 78.4 Å². The van der Waals surface area contributed by atoms with E-state index in [-0.39, 0.29) is 11.7 Å². The van der Waals surface area contributed by atoms with Gasteiger partial charge in [-0.1, -0.05) is 12.1 Å². The van der Waals surface area contributed by atoms with Crippen molar-refractivity contribution in [2.45, 2.75) is 25.4 Å². The van der Waals surface area contributed by atoms with Gasteiger partial charge >= 0.3 is 0 Å². The molecule has 3 N–H and O–H groups in total. The summed E-state index contributed by atoms with van der Waals surface area (Å²) in [6, 6.07) is 9.44. The number of aliphatic hydroxyl groups excluding tert-OH is 1. The average Bonchev–Trinajstić information content (AvgIpc) is 3.22. The highest BCUT2D eigenvalue weighted by atomic mass is 32.1. The summed E-state index contributed by atoms with van der Waals surface area (Å²) < 4.78 is 12.9. The third-order valence-electron chi connectivity index (χ3n) is 4.07. The predicted octanol–water partition coefficient (Wildman–Crippen LogP) is 2.48. The first-order valence-electron chi connectivity index (χ1n) is 7.68. The lowest BCUT2D eigenvalue weighted by molar-refractivity contribution is -0.128. The molecule has 24 heavy (non-hydrogen) atoms. The van der Waals surface area contributed by atoms with Crippen molar-refractivity contribution in [1.82, 2.24) is 10.9 Å². The SMILES string of the molecule is O=C(NNC(=O)C1CCCC1O)c1ccc(-c2ccc(F)cc2)s1. The molecule has 1 fully saturated rings. The Balaban J connectivity index is 1.59. The largest absolute Gasteiger partial charge is 0.392 e. The van der Waals surface area contributed by atoms with Gasteiger partial charge in [-0.25, -0.2) is 4.39 Å². The number of halogens is 1. The lowest BCUT2D eigenvalue weighted by Crippen LogP contribution is -2.45. The molecule has 0 bridgehead atoms. The number of hydrogen-bond acceptors (Lipinski definition) is 4. The Hall–Kier alpha value is -2.25. The summed E-state index contributed by atoms with van der Waals surface area (Å²) in [4.78, 5) is 25.3. The number of rotatable bonds is 3. The zero-order valence-electron chi connectivity index (χ0n) is 12.8. The summed E-state index contributed by atoms with van der Waals surface area (Å²) >= 11 is 1.25. The lowest BCUT2D eigenvalue weighted by Gasteiger charge is -2.14. The van der Waals surface area contributed by atoms with Crippen LogP contribution in [-0.4, -0.2) is 23.0 Å². The van der Waals surface area contributed by atoms with Crippen LogP contribution in [0.2, 0.25) is 0 Å². The number of aliphatic hydroxyl groups is 1. The number of carbonyl (C=O) groups excluding carboxylic acids is 2. The summed E-state index contributed by atoms with van der Waals surface area (Å²) in [5.41, 5.74) is 5.56. The van der Waals surface area contributed by atoms with E-state index in [9.17, 15) is 19.1 Å². The minimum absolute atomic E-state index is 0.315. The van der Waals surface area contributed by atoms with Crippen molar-refractivity contribution in [2.75, 3.05) is 0 Å². The Morgan fingerprint density at radius 2 is 1.83 bits per heavy atom. The molecule has 2 aromatic rings. The Bertz CT molecular complexity index is 745. The van der Waals surface area contributed by atoms with E-state index in [0.717, 1.165) is 16.9 Å². The third-order valence-corrected chi connectivity index (χ3v) is 5.21. The van der Waals surface area contributed by atoms with Gasteiger partial charge in [0, 0.05) is 4.88 Å². The molecule has 0 saturated heterocycles. The first kappa shape index (κ1) is 16.6. The Morgan fingerprint density at radius 1 is 1.08 bits per heavy atom. The fraction of sp³-hybridized carbons (Fsp3) is 0.294. The number of carbonyl (C=O) groups is 2. The second-order valence-electron chi connectivity index (χ2n) is 5.72. The van der Waals surface area contributed by atoms with Crippen LogP contribution in [-0.2, 0) is 4.79 Å². The standard InChI is InChI=1S/C17H17FN2O3S/c18-11-6-4-10(5-7-11)14-8-9-15(24-14)17(23)20-19-16(22)12-2-1-3-13(12)21/h4-9,12-13,21H,1-3H2,(H,19,22)(H,20,23). The van der Waals surface area contributed by atoms with E-state index in [1.54, 1.807) is 24.3 Å². The van der Waals surface area contributed by atoms with Crippen LogP contribution in [0.15, 0.2) is 36.4 Å². The molecule has 5 nitrogen and oxygen atoms in total. The quantitative estimate of drug-likeness (QED) is 0.746. The maximum atomic E-state index is 12.9. The van der Waals surface area contributed by atoms with E-state index in [2.05, 4.69) is 10.9 Å². The molecule has 1 saturated carbocycles. The first-order valence-corrected chi connectivity index (χ1v) is 8.50. The number of hydrazine groups is 1. The number of amides is 2. The molecular weight excluding hydrogens is 331 g/mol. The van der Waals surface area contributed by atoms with Crippen LogP contribution in [0, 0.1) is 11.7 Å². The van der Waals surface area contributed by atoms with E-state index >= 15 is 0 Å². The fourth-order valence-electron chi connectivity index (χ4n) is 2.75. The van der Waals surface area contributed by atoms with Crippen LogP contribution in [0.5, 0.6) is 0 Å². The zero-order valence-corrected chi connectivity index (χ0v) is 13.6. The zero-order chi connectivity index (χ0) is 17.1. The van der Waals surface area contributed by atoms with Gasteiger partial charge in [0.15, 0.2) is 0 Å². The Labute approximate surface area is 142 Å². The number of thiophene rings is 1. The minimum atomic E-state index is -0.645. The fourth-order valence-corrected chi connectivity index (χ4v) is 3.65. The molecule has 7 heteroatoms. The number of nitrogens with one attached hydrogen (secondary N) is 2. The predicted molar refractivity (Wildman–Crippen MR) is 88.7 cm³/mol. The van der Waals surface area contributed by atoms with E-state index in [4.69, 9.17) is 0 Å². The van der Waals surface area contributed by atoms with E-state index in [0.29, 0.717) is 17.7 Å². The van der Waals surface area contributed by atoms with Gasteiger partial charge in [-0.2, -0.15) is 0 Å². The van der Waals surface area contributed by atoms with Crippen LogP contribution in [0.25, 0.3) is 10.4 Å².